The van der Waals surface area contributed by atoms with E-state index in [0.29, 0.717) is 23.7 Å². The summed E-state index contributed by atoms with van der Waals surface area (Å²) in [6.07, 6.45) is 1.80. The van der Waals surface area contributed by atoms with Gasteiger partial charge in [-0.3, -0.25) is 19.3 Å². The number of carbonyl (C=O) groups is 3. The summed E-state index contributed by atoms with van der Waals surface area (Å²) in [6, 6.07) is 4.98. The Bertz CT molecular complexity index is 927. The summed E-state index contributed by atoms with van der Waals surface area (Å²) in [5, 5.41) is -0.575. The van der Waals surface area contributed by atoms with E-state index < -0.39 is 45.3 Å². The molecule has 10 heteroatoms. The van der Waals surface area contributed by atoms with Crippen LogP contribution in [0, 0.1) is 5.82 Å². The second-order valence-corrected chi connectivity index (χ2v) is 9.60. The summed E-state index contributed by atoms with van der Waals surface area (Å²) in [6.45, 7) is -0.446. The van der Waals surface area contributed by atoms with Gasteiger partial charge in [-0.2, -0.15) is 0 Å². The standard InChI is InChI=1S/C17H17FN2O5S2/c1-19(13-6-7-27(24,25)10-13)15(21)9-20-16(22)14(26-17(20)23)8-11-2-4-12(18)5-3-11/h2-5,8,13H,6-7,9-10H2,1H3/b14-8+/t13-/m0/s1. The topological polar surface area (TPSA) is 91.8 Å². The van der Waals surface area contributed by atoms with Gasteiger partial charge in [-0.1, -0.05) is 12.1 Å². The van der Waals surface area contributed by atoms with E-state index >= 15 is 0 Å². The number of carbonyl (C=O) groups excluding carboxylic acids is 3. The van der Waals surface area contributed by atoms with Gasteiger partial charge in [-0.15, -0.1) is 0 Å². The van der Waals surface area contributed by atoms with Crippen molar-refractivity contribution < 1.29 is 27.2 Å². The minimum atomic E-state index is -3.15. The van der Waals surface area contributed by atoms with Crippen LogP contribution in [0.5, 0.6) is 0 Å². The monoisotopic (exact) mass is 412 g/mol. The molecule has 0 aliphatic carbocycles. The van der Waals surface area contributed by atoms with Gasteiger partial charge in [0.15, 0.2) is 9.84 Å². The van der Waals surface area contributed by atoms with Crippen LogP contribution < -0.4 is 0 Å². The van der Waals surface area contributed by atoms with E-state index in [4.69, 9.17) is 0 Å². The third kappa shape index (κ3) is 4.38. The van der Waals surface area contributed by atoms with E-state index in [0.717, 1.165) is 4.90 Å². The molecule has 3 rings (SSSR count). The molecular formula is C17H17FN2O5S2. The fraction of sp³-hybridized carbons (Fsp3) is 0.353. The number of imide groups is 1. The number of rotatable bonds is 4. The SMILES string of the molecule is CN(C(=O)CN1C(=O)S/C(=C/c2ccc(F)cc2)C1=O)[C@H]1CCS(=O)(=O)C1. The number of benzene rings is 1. The Hall–Kier alpha value is -2.20. The Kier molecular flexibility index (Phi) is 5.38. The van der Waals surface area contributed by atoms with Crippen molar-refractivity contribution >= 4 is 44.7 Å². The summed E-state index contributed by atoms with van der Waals surface area (Å²) < 4.78 is 36.1. The van der Waals surface area contributed by atoms with Crippen LogP contribution in [0.3, 0.4) is 0 Å². The zero-order valence-corrected chi connectivity index (χ0v) is 16.1. The molecule has 0 aromatic heterocycles. The number of sulfone groups is 1. The summed E-state index contributed by atoms with van der Waals surface area (Å²) >= 11 is 0.705. The molecule has 0 radical (unpaired) electrons. The van der Waals surface area contributed by atoms with Gasteiger partial charge >= 0.3 is 0 Å². The quantitative estimate of drug-likeness (QED) is 0.696. The van der Waals surface area contributed by atoms with Crippen LogP contribution in [0.15, 0.2) is 29.2 Å². The Morgan fingerprint density at radius 1 is 1.33 bits per heavy atom. The predicted octanol–water partition coefficient (Wildman–Crippen LogP) is 1.51. The second-order valence-electron chi connectivity index (χ2n) is 6.38. The van der Waals surface area contributed by atoms with Crippen molar-refractivity contribution in [2.45, 2.75) is 12.5 Å². The molecule has 2 fully saturated rings. The normalized spacial score (nSPS) is 23.3. The summed E-state index contributed by atoms with van der Waals surface area (Å²) in [5.74, 6) is -1.60. The smallest absolute Gasteiger partial charge is 0.294 e. The van der Waals surface area contributed by atoms with E-state index in [2.05, 4.69) is 0 Å². The molecule has 0 unspecified atom stereocenters. The van der Waals surface area contributed by atoms with E-state index in [1.54, 1.807) is 0 Å². The Balaban J connectivity index is 1.68. The Morgan fingerprint density at radius 3 is 2.59 bits per heavy atom. The minimum Gasteiger partial charge on any atom is -0.340 e. The maximum atomic E-state index is 13.0. The molecule has 27 heavy (non-hydrogen) atoms. The number of thioether (sulfide) groups is 1. The van der Waals surface area contributed by atoms with Crippen LogP contribution in [0.4, 0.5) is 9.18 Å². The minimum absolute atomic E-state index is 0.0251. The van der Waals surface area contributed by atoms with Gasteiger partial charge in [-0.25, -0.2) is 12.8 Å². The number of nitrogens with zero attached hydrogens (tertiary/aromatic N) is 2. The second kappa shape index (κ2) is 7.43. The average Bonchev–Trinajstić information content (AvgIpc) is 3.10. The van der Waals surface area contributed by atoms with Gasteiger partial charge in [0.25, 0.3) is 11.1 Å². The maximum Gasteiger partial charge on any atom is 0.294 e. The van der Waals surface area contributed by atoms with Crippen molar-refractivity contribution in [2.75, 3.05) is 25.1 Å². The molecule has 0 saturated carbocycles. The highest BCUT2D eigenvalue weighted by Gasteiger charge is 2.39. The molecule has 1 aromatic rings. The van der Waals surface area contributed by atoms with Gasteiger partial charge in [0.05, 0.1) is 16.4 Å². The lowest BCUT2D eigenvalue weighted by Crippen LogP contribution is -2.45. The highest BCUT2D eigenvalue weighted by molar-refractivity contribution is 8.18. The highest BCUT2D eigenvalue weighted by Crippen LogP contribution is 2.32. The molecule has 2 aliphatic rings. The van der Waals surface area contributed by atoms with Gasteiger partial charge in [0, 0.05) is 13.1 Å². The van der Waals surface area contributed by atoms with Crippen LogP contribution in [-0.2, 0) is 19.4 Å². The van der Waals surface area contributed by atoms with E-state index in [-0.39, 0.29) is 16.4 Å². The first kappa shape index (κ1) is 19.6. The van der Waals surface area contributed by atoms with Crippen molar-refractivity contribution in [3.05, 3.63) is 40.6 Å². The van der Waals surface area contributed by atoms with Crippen molar-refractivity contribution in [1.82, 2.24) is 9.80 Å². The maximum absolute atomic E-state index is 13.0. The van der Waals surface area contributed by atoms with Gasteiger partial charge < -0.3 is 4.90 Å². The Labute approximate surface area is 160 Å². The molecule has 0 spiro atoms. The van der Waals surface area contributed by atoms with Crippen molar-refractivity contribution in [1.29, 1.82) is 0 Å². The van der Waals surface area contributed by atoms with Crippen molar-refractivity contribution in [3.8, 4) is 0 Å². The largest absolute Gasteiger partial charge is 0.340 e. The van der Waals surface area contributed by atoms with Crippen LogP contribution in [0.2, 0.25) is 0 Å². The van der Waals surface area contributed by atoms with Gasteiger partial charge in [0.2, 0.25) is 5.91 Å². The van der Waals surface area contributed by atoms with Crippen molar-refractivity contribution in [3.63, 3.8) is 0 Å². The number of hydrogen-bond acceptors (Lipinski definition) is 6. The molecule has 1 atom stereocenters. The van der Waals surface area contributed by atoms with Crippen LogP contribution in [0.25, 0.3) is 6.08 Å². The first-order chi connectivity index (χ1) is 12.7. The summed E-state index contributed by atoms with van der Waals surface area (Å²) in [4.78, 5) is 39.2. The number of likely N-dealkylation sites (N-methyl/N-ethyl adjacent to an activating group) is 1. The lowest BCUT2D eigenvalue weighted by atomic mass is 10.2. The molecule has 7 nitrogen and oxygen atoms in total. The lowest BCUT2D eigenvalue weighted by molar-refractivity contribution is -0.136. The first-order valence-electron chi connectivity index (χ1n) is 8.13. The number of amides is 3. The molecule has 3 amide bonds. The fourth-order valence-corrected chi connectivity index (χ4v) is 5.49. The van der Waals surface area contributed by atoms with Gasteiger partial charge in [0.1, 0.15) is 12.4 Å². The summed E-state index contributed by atoms with van der Waals surface area (Å²) in [5.41, 5.74) is 0.557. The van der Waals surface area contributed by atoms with E-state index in [1.165, 1.54) is 42.3 Å². The van der Waals surface area contributed by atoms with Gasteiger partial charge in [-0.05, 0) is 42.0 Å². The van der Waals surface area contributed by atoms with Crippen LogP contribution in [0.1, 0.15) is 12.0 Å². The fourth-order valence-electron chi connectivity index (χ4n) is 2.88. The van der Waals surface area contributed by atoms with Crippen LogP contribution in [-0.4, -0.2) is 66.4 Å². The zero-order valence-electron chi connectivity index (χ0n) is 14.4. The Morgan fingerprint density at radius 2 is 2.00 bits per heavy atom. The number of halogens is 1. The predicted molar refractivity (Wildman–Crippen MR) is 98.9 cm³/mol. The third-order valence-corrected chi connectivity index (χ3v) is 7.14. The van der Waals surface area contributed by atoms with E-state index in [1.807, 2.05) is 0 Å². The average molecular weight is 412 g/mol. The molecule has 144 valence electrons. The zero-order chi connectivity index (χ0) is 19.8. The summed E-state index contributed by atoms with van der Waals surface area (Å²) in [7, 11) is -1.68. The highest BCUT2D eigenvalue weighted by atomic mass is 32.2. The van der Waals surface area contributed by atoms with Crippen LogP contribution >= 0.6 is 11.8 Å². The molecular weight excluding hydrogens is 395 g/mol. The molecule has 2 aliphatic heterocycles. The molecule has 0 bridgehead atoms. The molecule has 0 N–H and O–H groups in total. The van der Waals surface area contributed by atoms with E-state index in [9.17, 15) is 27.2 Å². The third-order valence-electron chi connectivity index (χ3n) is 4.48. The first-order valence-corrected chi connectivity index (χ1v) is 10.8. The number of hydrogen-bond donors (Lipinski definition) is 0. The lowest BCUT2D eigenvalue weighted by Gasteiger charge is -2.25. The van der Waals surface area contributed by atoms with Crippen molar-refractivity contribution in [2.24, 2.45) is 0 Å². The molecule has 2 heterocycles. The molecule has 1 aromatic carbocycles. The molecule has 2 saturated heterocycles.